The molecule has 1 aliphatic heterocycles. The average molecular weight is 330 g/mol. The van der Waals surface area contributed by atoms with Gasteiger partial charge in [-0.15, -0.1) is 0 Å². The van der Waals surface area contributed by atoms with Crippen LogP contribution in [-0.4, -0.2) is 38.9 Å². The van der Waals surface area contributed by atoms with Crippen molar-refractivity contribution in [2.45, 2.75) is 23.8 Å². The van der Waals surface area contributed by atoms with Crippen molar-refractivity contribution in [2.24, 2.45) is 0 Å². The van der Waals surface area contributed by atoms with Gasteiger partial charge in [0.05, 0.1) is 17.2 Å². The second-order valence-corrected chi connectivity index (χ2v) is 7.13. The van der Waals surface area contributed by atoms with Gasteiger partial charge in [0.15, 0.2) is 0 Å². The molecule has 0 aliphatic carbocycles. The fourth-order valence-electron chi connectivity index (χ4n) is 2.07. The van der Waals surface area contributed by atoms with Gasteiger partial charge in [0.25, 0.3) is 0 Å². The first-order valence-corrected chi connectivity index (χ1v) is 8.23. The van der Waals surface area contributed by atoms with Crippen LogP contribution in [0.1, 0.15) is 18.9 Å². The van der Waals surface area contributed by atoms with Crippen molar-refractivity contribution in [1.82, 2.24) is 4.72 Å². The van der Waals surface area contributed by atoms with Crippen LogP contribution in [0.2, 0.25) is 5.02 Å². The molecule has 0 amide bonds. The Morgan fingerprint density at radius 3 is 2.86 bits per heavy atom. The zero-order chi connectivity index (χ0) is 15.5. The van der Waals surface area contributed by atoms with Gasteiger partial charge in [0, 0.05) is 12.2 Å². The molecule has 0 bridgehead atoms. The fourth-order valence-corrected chi connectivity index (χ4v) is 4.03. The van der Waals surface area contributed by atoms with Crippen LogP contribution in [0.25, 0.3) is 0 Å². The lowest BCUT2D eigenvalue weighted by atomic mass is 10.0. The van der Waals surface area contributed by atoms with Crippen LogP contribution >= 0.6 is 11.6 Å². The molecule has 7 heteroatoms. The van der Waals surface area contributed by atoms with Crippen molar-refractivity contribution in [3.63, 3.8) is 0 Å². The molecule has 1 aromatic rings. The highest BCUT2D eigenvalue weighted by Gasteiger charge is 2.35. The Kier molecular flexibility index (Phi) is 4.91. The Labute approximate surface area is 129 Å². The first kappa shape index (κ1) is 16.3. The predicted octanol–water partition coefficient (Wildman–Crippen LogP) is 1.14. The molecule has 0 saturated carbocycles. The Morgan fingerprint density at radius 1 is 1.52 bits per heavy atom. The summed E-state index contributed by atoms with van der Waals surface area (Å²) in [5, 5.41) is 8.74. The molecule has 1 aliphatic rings. The number of ether oxygens (including phenoxy) is 1. The standard InChI is InChI=1S/C14H16ClNO4S/c1-14(6-8-20-10-14)16-21(18,19)13-5-4-11(3-2-7-17)9-12(13)15/h4-5,9,16-17H,6-8,10H2,1H3. The summed E-state index contributed by atoms with van der Waals surface area (Å²) >= 11 is 6.04. The van der Waals surface area contributed by atoms with Crippen LogP contribution in [0.5, 0.6) is 0 Å². The Hall–Kier alpha value is -1.10. The van der Waals surface area contributed by atoms with E-state index in [1.165, 1.54) is 12.1 Å². The molecule has 1 aromatic carbocycles. The number of rotatable bonds is 3. The first-order valence-electron chi connectivity index (χ1n) is 6.37. The monoisotopic (exact) mass is 329 g/mol. The average Bonchev–Trinajstić information content (AvgIpc) is 2.81. The molecule has 0 radical (unpaired) electrons. The maximum atomic E-state index is 12.4. The number of aliphatic hydroxyl groups excluding tert-OH is 1. The molecule has 2 rings (SSSR count). The molecule has 0 spiro atoms. The molecular formula is C14H16ClNO4S. The summed E-state index contributed by atoms with van der Waals surface area (Å²) in [4.78, 5) is 0.00633. The molecule has 1 unspecified atom stereocenters. The topological polar surface area (TPSA) is 75.6 Å². The van der Waals surface area contributed by atoms with Crippen molar-refractivity contribution in [3.8, 4) is 11.8 Å². The molecule has 1 saturated heterocycles. The van der Waals surface area contributed by atoms with Gasteiger partial charge < -0.3 is 9.84 Å². The Morgan fingerprint density at radius 2 is 2.29 bits per heavy atom. The number of halogens is 1. The van der Waals surface area contributed by atoms with Crippen molar-refractivity contribution in [1.29, 1.82) is 0 Å². The van der Waals surface area contributed by atoms with Crippen LogP contribution in [0.3, 0.4) is 0 Å². The van der Waals surface area contributed by atoms with Crippen LogP contribution in [0.4, 0.5) is 0 Å². The number of benzene rings is 1. The van der Waals surface area contributed by atoms with E-state index >= 15 is 0 Å². The minimum absolute atomic E-state index is 0.00633. The van der Waals surface area contributed by atoms with E-state index in [0.29, 0.717) is 25.2 Å². The van der Waals surface area contributed by atoms with Crippen LogP contribution < -0.4 is 4.72 Å². The molecule has 2 N–H and O–H groups in total. The third-order valence-electron chi connectivity index (χ3n) is 3.13. The number of hydrogen-bond donors (Lipinski definition) is 2. The first-order chi connectivity index (χ1) is 9.86. The van der Waals surface area contributed by atoms with E-state index < -0.39 is 15.6 Å². The SMILES string of the molecule is CC1(NS(=O)(=O)c2ccc(C#CCO)cc2Cl)CCOC1. The maximum absolute atomic E-state index is 12.4. The summed E-state index contributed by atoms with van der Waals surface area (Å²) < 4.78 is 32.7. The smallest absolute Gasteiger partial charge is 0.242 e. The Balaban J connectivity index is 2.28. The fraction of sp³-hybridized carbons (Fsp3) is 0.429. The maximum Gasteiger partial charge on any atom is 0.242 e. The normalized spacial score (nSPS) is 21.9. The molecule has 0 aromatic heterocycles. The van der Waals surface area contributed by atoms with Gasteiger partial charge in [-0.25, -0.2) is 13.1 Å². The summed E-state index contributed by atoms with van der Waals surface area (Å²) in [5.74, 6) is 5.15. The van der Waals surface area contributed by atoms with Gasteiger partial charge in [-0.2, -0.15) is 0 Å². The van der Waals surface area contributed by atoms with Crippen molar-refractivity contribution in [2.75, 3.05) is 19.8 Å². The summed E-state index contributed by atoms with van der Waals surface area (Å²) in [5.41, 5.74) is -0.0687. The quantitative estimate of drug-likeness (QED) is 0.815. The van der Waals surface area contributed by atoms with E-state index in [1.54, 1.807) is 13.0 Å². The summed E-state index contributed by atoms with van der Waals surface area (Å²) in [6.45, 7) is 2.40. The lowest BCUT2D eigenvalue weighted by molar-refractivity contribution is 0.178. The van der Waals surface area contributed by atoms with Gasteiger partial charge in [-0.3, -0.25) is 0 Å². The van der Waals surface area contributed by atoms with E-state index in [1.807, 2.05) is 0 Å². The van der Waals surface area contributed by atoms with Crippen LogP contribution in [-0.2, 0) is 14.8 Å². The van der Waals surface area contributed by atoms with E-state index in [4.69, 9.17) is 21.4 Å². The van der Waals surface area contributed by atoms with Crippen LogP contribution in [0.15, 0.2) is 23.1 Å². The lowest BCUT2D eigenvalue weighted by Crippen LogP contribution is -2.46. The zero-order valence-electron chi connectivity index (χ0n) is 11.5. The summed E-state index contributed by atoms with van der Waals surface area (Å²) in [7, 11) is -3.73. The minimum Gasteiger partial charge on any atom is -0.384 e. The predicted molar refractivity (Wildman–Crippen MR) is 79.6 cm³/mol. The highest BCUT2D eigenvalue weighted by Crippen LogP contribution is 2.26. The van der Waals surface area contributed by atoms with Crippen molar-refractivity contribution < 1.29 is 18.3 Å². The Bertz CT molecular complexity index is 685. The van der Waals surface area contributed by atoms with E-state index in [0.717, 1.165) is 0 Å². The van der Waals surface area contributed by atoms with Gasteiger partial charge in [0.2, 0.25) is 10.0 Å². The molecular weight excluding hydrogens is 314 g/mol. The van der Waals surface area contributed by atoms with Crippen LogP contribution in [0, 0.1) is 11.8 Å². The van der Waals surface area contributed by atoms with Gasteiger partial charge in [-0.05, 0) is 31.5 Å². The summed E-state index contributed by atoms with van der Waals surface area (Å²) in [6, 6.07) is 4.42. The molecule has 21 heavy (non-hydrogen) atoms. The summed E-state index contributed by atoms with van der Waals surface area (Å²) in [6.07, 6.45) is 0.615. The highest BCUT2D eigenvalue weighted by atomic mass is 35.5. The molecule has 1 heterocycles. The largest absolute Gasteiger partial charge is 0.384 e. The van der Waals surface area contributed by atoms with E-state index in [2.05, 4.69) is 16.6 Å². The number of sulfonamides is 1. The lowest BCUT2D eigenvalue weighted by Gasteiger charge is -2.23. The van der Waals surface area contributed by atoms with Gasteiger partial charge in [-0.1, -0.05) is 23.4 Å². The number of aliphatic hydroxyl groups is 1. The van der Waals surface area contributed by atoms with E-state index in [9.17, 15) is 8.42 Å². The number of hydrogen-bond acceptors (Lipinski definition) is 4. The van der Waals surface area contributed by atoms with Gasteiger partial charge >= 0.3 is 0 Å². The third-order valence-corrected chi connectivity index (χ3v) is 5.25. The second-order valence-electron chi connectivity index (χ2n) is 5.07. The molecule has 1 atom stereocenters. The van der Waals surface area contributed by atoms with Gasteiger partial charge in [0.1, 0.15) is 11.5 Å². The minimum atomic E-state index is -3.73. The second kappa shape index (κ2) is 6.34. The zero-order valence-corrected chi connectivity index (χ0v) is 13.1. The molecule has 1 fully saturated rings. The van der Waals surface area contributed by atoms with Crippen molar-refractivity contribution in [3.05, 3.63) is 28.8 Å². The highest BCUT2D eigenvalue weighted by molar-refractivity contribution is 7.89. The van der Waals surface area contributed by atoms with E-state index in [-0.39, 0.29) is 16.5 Å². The molecule has 114 valence electrons. The number of nitrogens with one attached hydrogen (secondary N) is 1. The third kappa shape index (κ3) is 3.96. The molecule has 5 nitrogen and oxygen atoms in total. The van der Waals surface area contributed by atoms with Crippen molar-refractivity contribution >= 4 is 21.6 Å².